The summed E-state index contributed by atoms with van der Waals surface area (Å²) in [6.07, 6.45) is 0.0812. The summed E-state index contributed by atoms with van der Waals surface area (Å²) in [6.45, 7) is 5.26. The van der Waals surface area contributed by atoms with E-state index in [1.165, 1.54) is 12.5 Å². The zero-order valence-electron chi connectivity index (χ0n) is 22.6. The van der Waals surface area contributed by atoms with Crippen molar-refractivity contribution in [1.82, 2.24) is 4.90 Å². The van der Waals surface area contributed by atoms with Gasteiger partial charge in [-0.15, -0.1) is 0 Å². The molecule has 0 aliphatic carbocycles. The Morgan fingerprint density at radius 1 is 0.897 bits per heavy atom. The number of amides is 1. The number of nitrogens with zero attached hydrogens (tertiary/aromatic N) is 1. The second-order valence-electron chi connectivity index (χ2n) is 9.93. The molecule has 0 radical (unpaired) electrons. The number of nitrogens with two attached hydrogens (primary N) is 1. The van der Waals surface area contributed by atoms with Crippen molar-refractivity contribution in [2.45, 2.75) is 45.6 Å². The van der Waals surface area contributed by atoms with Gasteiger partial charge in [0, 0.05) is 31.7 Å². The summed E-state index contributed by atoms with van der Waals surface area (Å²) in [6, 6.07) is 33.8. The zero-order chi connectivity index (χ0) is 27.6. The van der Waals surface area contributed by atoms with Gasteiger partial charge in [-0.05, 0) is 59.9 Å². The van der Waals surface area contributed by atoms with E-state index in [-0.39, 0.29) is 11.9 Å². The molecule has 2 unspecified atom stereocenters. The van der Waals surface area contributed by atoms with Crippen molar-refractivity contribution in [2.75, 3.05) is 17.6 Å². The Balaban J connectivity index is 1.44. The molecule has 4 rings (SSSR count). The lowest BCUT2D eigenvalue weighted by molar-refractivity contribution is -0.114. The minimum atomic E-state index is -0.719. The highest BCUT2D eigenvalue weighted by Gasteiger charge is 2.20. The van der Waals surface area contributed by atoms with Crippen LogP contribution in [0, 0.1) is 0 Å². The van der Waals surface area contributed by atoms with E-state index < -0.39 is 6.10 Å². The number of rotatable bonds is 12. The second kappa shape index (κ2) is 13.6. The molecule has 39 heavy (non-hydrogen) atoms. The van der Waals surface area contributed by atoms with E-state index in [9.17, 15) is 9.90 Å². The Kier molecular flexibility index (Phi) is 9.73. The van der Waals surface area contributed by atoms with Crippen molar-refractivity contribution in [3.8, 4) is 5.75 Å². The van der Waals surface area contributed by atoms with E-state index in [0.29, 0.717) is 31.1 Å². The summed E-state index contributed by atoms with van der Waals surface area (Å²) in [5.41, 5.74) is 11.8. The molecule has 6 heteroatoms. The van der Waals surface area contributed by atoms with Crippen LogP contribution in [-0.2, 0) is 24.4 Å². The van der Waals surface area contributed by atoms with E-state index in [4.69, 9.17) is 10.5 Å². The normalized spacial score (nSPS) is 12.6. The Morgan fingerprint density at radius 3 is 2.15 bits per heavy atom. The number of hydrogen-bond acceptors (Lipinski definition) is 5. The molecule has 4 aromatic rings. The van der Waals surface area contributed by atoms with Gasteiger partial charge in [0.2, 0.25) is 5.91 Å². The summed E-state index contributed by atoms with van der Waals surface area (Å²) in [5, 5.41) is 14.1. The summed E-state index contributed by atoms with van der Waals surface area (Å²) >= 11 is 0. The van der Waals surface area contributed by atoms with Crippen LogP contribution in [0.15, 0.2) is 103 Å². The molecule has 0 aromatic heterocycles. The summed E-state index contributed by atoms with van der Waals surface area (Å²) in [5.74, 6) is 0.516. The van der Waals surface area contributed by atoms with E-state index >= 15 is 0 Å². The highest BCUT2D eigenvalue weighted by Crippen LogP contribution is 2.28. The minimum Gasteiger partial charge on any atom is -0.487 e. The third-order valence-electron chi connectivity index (χ3n) is 6.72. The summed E-state index contributed by atoms with van der Waals surface area (Å²) in [4.78, 5) is 13.6. The Bertz CT molecular complexity index is 1330. The Morgan fingerprint density at radius 2 is 1.54 bits per heavy atom. The molecule has 4 aromatic carbocycles. The van der Waals surface area contributed by atoms with Gasteiger partial charge in [0.25, 0.3) is 0 Å². The number of aliphatic hydroxyl groups excluding tert-OH is 1. The average Bonchev–Trinajstić information content (AvgIpc) is 2.94. The molecule has 202 valence electrons. The fraction of sp³-hybridized carbons (Fsp3) is 0.242. The molecule has 0 saturated carbocycles. The van der Waals surface area contributed by atoms with Crippen molar-refractivity contribution >= 4 is 17.3 Å². The lowest BCUT2D eigenvalue weighted by Gasteiger charge is -2.31. The van der Waals surface area contributed by atoms with Crippen molar-refractivity contribution < 1.29 is 14.6 Å². The van der Waals surface area contributed by atoms with Crippen LogP contribution in [0.3, 0.4) is 0 Å². The van der Waals surface area contributed by atoms with Crippen molar-refractivity contribution in [1.29, 1.82) is 0 Å². The fourth-order valence-corrected chi connectivity index (χ4v) is 4.58. The van der Waals surface area contributed by atoms with Crippen LogP contribution in [0.1, 0.15) is 42.2 Å². The van der Waals surface area contributed by atoms with Gasteiger partial charge in [0.05, 0.1) is 11.8 Å². The first-order valence-corrected chi connectivity index (χ1v) is 13.3. The number of carbonyl (C=O) groups excluding carboxylic acids is 1. The molecule has 0 aliphatic heterocycles. The van der Waals surface area contributed by atoms with Gasteiger partial charge in [-0.25, -0.2) is 0 Å². The van der Waals surface area contributed by atoms with Crippen LogP contribution in [0.2, 0.25) is 0 Å². The van der Waals surface area contributed by atoms with Crippen LogP contribution in [0.25, 0.3) is 0 Å². The van der Waals surface area contributed by atoms with Crippen LogP contribution >= 0.6 is 0 Å². The topological polar surface area (TPSA) is 87.8 Å². The largest absolute Gasteiger partial charge is 0.487 e. The highest BCUT2D eigenvalue weighted by atomic mass is 16.5. The smallest absolute Gasteiger partial charge is 0.221 e. The van der Waals surface area contributed by atoms with Gasteiger partial charge in [-0.3, -0.25) is 9.69 Å². The number of nitrogen functional groups attached to an aromatic ring is 1. The number of anilines is 2. The fourth-order valence-electron chi connectivity index (χ4n) is 4.58. The lowest BCUT2D eigenvalue weighted by atomic mass is 10.0. The third-order valence-corrected chi connectivity index (χ3v) is 6.72. The Labute approximate surface area is 231 Å². The number of ether oxygens (including phenoxy) is 1. The molecule has 1 amide bonds. The van der Waals surface area contributed by atoms with E-state index in [1.807, 2.05) is 84.9 Å². The lowest BCUT2D eigenvalue weighted by Crippen LogP contribution is -2.37. The Hall–Kier alpha value is -4.13. The maximum absolute atomic E-state index is 11.3. The number of carbonyl (C=O) groups is 1. The number of benzene rings is 4. The van der Waals surface area contributed by atoms with Crippen molar-refractivity contribution in [3.63, 3.8) is 0 Å². The highest BCUT2D eigenvalue weighted by molar-refractivity contribution is 5.88. The predicted octanol–water partition coefficient (Wildman–Crippen LogP) is 5.97. The molecule has 2 atom stereocenters. The zero-order valence-corrected chi connectivity index (χ0v) is 22.6. The molecular formula is C33H37N3O3. The molecule has 6 nitrogen and oxygen atoms in total. The quantitative estimate of drug-likeness (QED) is 0.199. The molecule has 4 N–H and O–H groups in total. The van der Waals surface area contributed by atoms with Gasteiger partial charge in [-0.2, -0.15) is 0 Å². The van der Waals surface area contributed by atoms with Gasteiger partial charge in [-0.1, -0.05) is 78.9 Å². The minimum absolute atomic E-state index is 0.0874. The molecular weight excluding hydrogens is 486 g/mol. The molecule has 0 spiro atoms. The summed E-state index contributed by atoms with van der Waals surface area (Å²) < 4.78 is 5.91. The maximum Gasteiger partial charge on any atom is 0.221 e. The van der Waals surface area contributed by atoms with Gasteiger partial charge >= 0.3 is 0 Å². The van der Waals surface area contributed by atoms with Gasteiger partial charge in [0.1, 0.15) is 12.4 Å². The molecule has 0 bridgehead atoms. The predicted molar refractivity (Wildman–Crippen MR) is 157 cm³/mol. The van der Waals surface area contributed by atoms with Crippen LogP contribution in [-0.4, -0.2) is 28.5 Å². The van der Waals surface area contributed by atoms with Crippen LogP contribution < -0.4 is 15.8 Å². The summed E-state index contributed by atoms with van der Waals surface area (Å²) in [7, 11) is 0. The van der Waals surface area contributed by atoms with Crippen molar-refractivity contribution in [3.05, 3.63) is 125 Å². The van der Waals surface area contributed by atoms with Crippen molar-refractivity contribution in [2.24, 2.45) is 0 Å². The van der Waals surface area contributed by atoms with E-state index in [0.717, 1.165) is 28.8 Å². The third kappa shape index (κ3) is 8.43. The monoisotopic (exact) mass is 523 g/mol. The SMILES string of the molecule is CC(=O)Nc1ccc(CC(C)N(Cc2ccccc2)CC(O)c2ccc(OCc3ccccc3)c(N)c2)cc1. The number of hydrogen-bond donors (Lipinski definition) is 3. The second-order valence-corrected chi connectivity index (χ2v) is 9.93. The maximum atomic E-state index is 11.3. The van der Waals surface area contributed by atoms with Gasteiger partial charge < -0.3 is 20.9 Å². The number of aliphatic hydroxyl groups is 1. The van der Waals surface area contributed by atoms with Gasteiger partial charge in [0.15, 0.2) is 0 Å². The van der Waals surface area contributed by atoms with E-state index in [2.05, 4.69) is 29.3 Å². The van der Waals surface area contributed by atoms with Crippen LogP contribution in [0.5, 0.6) is 5.75 Å². The molecule has 0 fully saturated rings. The molecule has 0 heterocycles. The molecule has 0 aliphatic rings. The average molecular weight is 524 g/mol. The first-order valence-electron chi connectivity index (χ1n) is 13.3. The number of nitrogens with one attached hydrogen (secondary N) is 1. The standard InChI is InChI=1S/C33H37N3O3/c1-24(19-26-13-16-30(17-14-26)35-25(2)37)36(21-27-9-5-3-6-10-27)22-32(38)29-15-18-33(31(34)20-29)39-23-28-11-7-4-8-12-28/h3-18,20,24,32,38H,19,21-23,34H2,1-2H3,(H,35,37). The molecule has 0 saturated heterocycles. The first kappa shape index (κ1) is 27.9. The van der Waals surface area contributed by atoms with Crippen LogP contribution in [0.4, 0.5) is 11.4 Å². The van der Waals surface area contributed by atoms with E-state index in [1.54, 1.807) is 6.07 Å². The first-order chi connectivity index (χ1) is 18.9.